The van der Waals surface area contributed by atoms with Gasteiger partial charge < -0.3 is 5.32 Å². The van der Waals surface area contributed by atoms with Gasteiger partial charge in [-0.1, -0.05) is 82.6 Å². The number of hydrogen-bond donors (Lipinski definition) is 1. The fraction of sp³-hybridized carbons (Fsp3) is 0.150. The molecule has 0 aliphatic carbocycles. The second kappa shape index (κ2) is 8.25. The van der Waals surface area contributed by atoms with Gasteiger partial charge in [-0.3, -0.25) is 4.79 Å². The van der Waals surface area contributed by atoms with E-state index in [-0.39, 0.29) is 5.91 Å². The van der Waals surface area contributed by atoms with Crippen molar-refractivity contribution in [3.8, 4) is 0 Å². The van der Waals surface area contributed by atoms with Crippen LogP contribution in [0.15, 0.2) is 48.5 Å². The van der Waals surface area contributed by atoms with Gasteiger partial charge in [0.15, 0.2) is 5.01 Å². The molecule has 26 heavy (non-hydrogen) atoms. The van der Waals surface area contributed by atoms with Gasteiger partial charge in [-0.05, 0) is 31.1 Å². The molecule has 1 amide bonds. The largest absolute Gasteiger partial charge is 0.346 e. The average molecular weight is 384 g/mol. The number of nitrogens with one attached hydrogen (secondary N) is 1. The van der Waals surface area contributed by atoms with E-state index in [0.717, 1.165) is 16.7 Å². The van der Waals surface area contributed by atoms with Gasteiger partial charge in [-0.2, -0.15) is 0 Å². The maximum Gasteiger partial charge on any atom is 0.282 e. The van der Waals surface area contributed by atoms with Gasteiger partial charge in [-0.15, -0.1) is 10.2 Å². The zero-order chi connectivity index (χ0) is 18.5. The summed E-state index contributed by atoms with van der Waals surface area (Å²) in [6.07, 6.45) is 1.82. The van der Waals surface area contributed by atoms with Crippen LogP contribution in [0.25, 0.3) is 11.1 Å². The van der Waals surface area contributed by atoms with Crippen LogP contribution in [0.5, 0.6) is 0 Å². The number of nitrogens with zero attached hydrogens (tertiary/aromatic N) is 2. The molecule has 1 heterocycles. The lowest BCUT2D eigenvalue weighted by molar-refractivity contribution is 0.0950. The fourth-order valence-electron chi connectivity index (χ4n) is 2.34. The number of amides is 1. The van der Waals surface area contributed by atoms with E-state index >= 15 is 0 Å². The number of halogens is 1. The molecule has 0 aliphatic rings. The number of carbonyl (C=O) groups excluding carboxylic acids is 1. The van der Waals surface area contributed by atoms with E-state index in [1.807, 2.05) is 68.5 Å². The first-order valence-corrected chi connectivity index (χ1v) is 9.32. The van der Waals surface area contributed by atoms with E-state index < -0.39 is 0 Å². The van der Waals surface area contributed by atoms with E-state index in [1.165, 1.54) is 16.9 Å². The summed E-state index contributed by atoms with van der Waals surface area (Å²) in [6.45, 7) is 4.49. The predicted molar refractivity (Wildman–Crippen MR) is 107 cm³/mol. The predicted octanol–water partition coefficient (Wildman–Crippen LogP) is 4.82. The molecule has 132 valence electrons. The highest BCUT2D eigenvalue weighted by molar-refractivity contribution is 7.15. The number of aromatic nitrogens is 2. The topological polar surface area (TPSA) is 54.9 Å². The lowest BCUT2D eigenvalue weighted by atomic mass is 10.1. The quantitative estimate of drug-likeness (QED) is 0.687. The molecule has 0 spiro atoms. The molecule has 0 saturated heterocycles. The molecule has 1 aromatic heterocycles. The van der Waals surface area contributed by atoms with E-state index in [4.69, 9.17) is 11.6 Å². The van der Waals surface area contributed by atoms with Crippen LogP contribution in [-0.2, 0) is 6.54 Å². The molecule has 1 N–H and O–H groups in total. The molecule has 3 aromatic rings. The normalized spacial score (nSPS) is 11.4. The van der Waals surface area contributed by atoms with Crippen LogP contribution >= 0.6 is 22.9 Å². The van der Waals surface area contributed by atoms with Crippen molar-refractivity contribution in [2.45, 2.75) is 20.4 Å². The van der Waals surface area contributed by atoms with Crippen molar-refractivity contribution in [3.63, 3.8) is 0 Å². The molecular weight excluding hydrogens is 366 g/mol. The molecule has 0 fully saturated rings. The Morgan fingerprint density at radius 2 is 1.81 bits per heavy atom. The third kappa shape index (κ3) is 4.77. The maximum absolute atomic E-state index is 12.3. The van der Waals surface area contributed by atoms with Crippen LogP contribution in [0.4, 0.5) is 0 Å². The number of carbonyl (C=O) groups is 1. The Kier molecular flexibility index (Phi) is 5.81. The van der Waals surface area contributed by atoms with Crippen LogP contribution < -0.4 is 5.32 Å². The van der Waals surface area contributed by atoms with Crippen molar-refractivity contribution in [1.82, 2.24) is 15.5 Å². The highest BCUT2D eigenvalue weighted by Crippen LogP contribution is 2.25. The van der Waals surface area contributed by atoms with Crippen LogP contribution in [0.3, 0.4) is 0 Å². The number of aryl methyl sites for hydroxylation is 2. The van der Waals surface area contributed by atoms with Crippen molar-refractivity contribution in [2.24, 2.45) is 0 Å². The molecule has 0 atom stereocenters. The highest BCUT2D eigenvalue weighted by Gasteiger charge is 2.14. The van der Waals surface area contributed by atoms with E-state index in [9.17, 15) is 4.79 Å². The minimum atomic E-state index is -0.255. The first kappa shape index (κ1) is 18.3. The Balaban J connectivity index is 1.66. The monoisotopic (exact) mass is 383 g/mol. The van der Waals surface area contributed by atoms with E-state index in [1.54, 1.807) is 0 Å². The lowest BCUT2D eigenvalue weighted by Gasteiger charge is -2.03. The zero-order valence-corrected chi connectivity index (χ0v) is 16.1. The second-order valence-corrected chi connectivity index (χ2v) is 7.37. The van der Waals surface area contributed by atoms with Crippen molar-refractivity contribution in [1.29, 1.82) is 0 Å². The van der Waals surface area contributed by atoms with Crippen LogP contribution in [0.2, 0.25) is 0 Å². The molecule has 4 nitrogen and oxygen atoms in total. The Hall–Kier alpha value is -2.50. The molecule has 0 saturated carbocycles. The summed E-state index contributed by atoms with van der Waals surface area (Å²) >= 11 is 7.51. The average Bonchev–Trinajstić information content (AvgIpc) is 3.11. The van der Waals surface area contributed by atoms with Crippen LogP contribution in [0.1, 0.15) is 37.1 Å². The van der Waals surface area contributed by atoms with E-state index in [2.05, 4.69) is 15.5 Å². The Morgan fingerprint density at radius 3 is 2.54 bits per heavy atom. The van der Waals surface area contributed by atoms with Gasteiger partial charge in [-0.25, -0.2) is 0 Å². The van der Waals surface area contributed by atoms with Crippen molar-refractivity contribution < 1.29 is 4.79 Å². The second-order valence-electron chi connectivity index (χ2n) is 5.99. The van der Waals surface area contributed by atoms with Gasteiger partial charge in [0.25, 0.3) is 5.91 Å². The first-order chi connectivity index (χ1) is 12.5. The Labute approximate surface area is 161 Å². The SMILES string of the molecule is Cc1ccc(CNC(=O)c2nnc(C(Cl)=Cc3cccc(C)c3)s2)cc1. The fourth-order valence-corrected chi connectivity index (χ4v) is 3.29. The molecule has 0 unspecified atom stereocenters. The Morgan fingerprint density at radius 1 is 1.08 bits per heavy atom. The first-order valence-electron chi connectivity index (χ1n) is 8.13. The Bertz CT molecular complexity index is 948. The van der Waals surface area contributed by atoms with Gasteiger partial charge in [0, 0.05) is 6.54 Å². The summed E-state index contributed by atoms with van der Waals surface area (Å²) in [7, 11) is 0. The standard InChI is InChI=1S/C20H18ClN3OS/c1-13-6-8-15(9-7-13)12-22-18(25)20-24-23-19(26-20)17(21)11-16-5-3-4-14(2)10-16/h3-11H,12H2,1-2H3,(H,22,25). The molecule has 0 aliphatic heterocycles. The van der Waals surface area contributed by atoms with Gasteiger partial charge in [0.1, 0.15) is 0 Å². The van der Waals surface area contributed by atoms with Gasteiger partial charge in [0.2, 0.25) is 5.01 Å². The van der Waals surface area contributed by atoms with Crippen LogP contribution in [-0.4, -0.2) is 16.1 Å². The zero-order valence-electron chi connectivity index (χ0n) is 14.5. The summed E-state index contributed by atoms with van der Waals surface area (Å²) in [5.74, 6) is -0.255. The third-order valence-corrected chi connectivity index (χ3v) is 5.09. The summed E-state index contributed by atoms with van der Waals surface area (Å²) in [4.78, 5) is 12.3. The molecule has 0 bridgehead atoms. The minimum absolute atomic E-state index is 0.255. The molecule has 0 radical (unpaired) electrons. The third-order valence-electron chi connectivity index (χ3n) is 3.73. The highest BCUT2D eigenvalue weighted by atomic mass is 35.5. The molecule has 3 rings (SSSR count). The van der Waals surface area contributed by atoms with Crippen molar-refractivity contribution >= 4 is 40.0 Å². The molecule has 6 heteroatoms. The smallest absolute Gasteiger partial charge is 0.282 e. The van der Waals surface area contributed by atoms with Crippen molar-refractivity contribution in [3.05, 3.63) is 80.8 Å². The summed E-state index contributed by atoms with van der Waals surface area (Å²) in [5.41, 5.74) is 4.35. The number of hydrogen-bond acceptors (Lipinski definition) is 4. The van der Waals surface area contributed by atoms with Gasteiger partial charge in [0.05, 0.1) is 5.03 Å². The minimum Gasteiger partial charge on any atom is -0.346 e. The summed E-state index contributed by atoms with van der Waals surface area (Å²) in [5, 5.41) is 12.1. The number of rotatable bonds is 5. The lowest BCUT2D eigenvalue weighted by Crippen LogP contribution is -2.22. The number of benzene rings is 2. The maximum atomic E-state index is 12.3. The summed E-state index contributed by atoms with van der Waals surface area (Å²) < 4.78 is 0. The van der Waals surface area contributed by atoms with E-state index in [0.29, 0.717) is 21.6 Å². The molecule has 2 aromatic carbocycles. The van der Waals surface area contributed by atoms with Crippen LogP contribution in [0, 0.1) is 13.8 Å². The van der Waals surface area contributed by atoms with Gasteiger partial charge >= 0.3 is 0 Å². The summed E-state index contributed by atoms with van der Waals surface area (Å²) in [6, 6.07) is 16.0. The van der Waals surface area contributed by atoms with Crippen molar-refractivity contribution in [2.75, 3.05) is 0 Å². The molecular formula is C20H18ClN3OS.